The van der Waals surface area contributed by atoms with Crippen LogP contribution in [0.25, 0.3) is 0 Å². The molecule has 0 amide bonds. The van der Waals surface area contributed by atoms with E-state index in [0.717, 1.165) is 37.9 Å². The van der Waals surface area contributed by atoms with Crippen molar-refractivity contribution in [2.24, 2.45) is 11.8 Å². The minimum Gasteiger partial charge on any atom is -0.508 e. The molecule has 2 heterocycles. The summed E-state index contributed by atoms with van der Waals surface area (Å²) in [7, 11) is 0. The fourth-order valence-corrected chi connectivity index (χ4v) is 5.48. The summed E-state index contributed by atoms with van der Waals surface area (Å²) >= 11 is 1.72. The Morgan fingerprint density at radius 1 is 1.12 bits per heavy atom. The number of phenols is 1. The fourth-order valence-electron chi connectivity index (χ4n) is 4.64. The van der Waals surface area contributed by atoms with E-state index in [9.17, 15) is 15.3 Å². The number of likely N-dealkylation sites (tertiary alicyclic amines) is 1. The predicted molar refractivity (Wildman–Crippen MR) is 98.7 cm³/mol. The summed E-state index contributed by atoms with van der Waals surface area (Å²) in [5, 5.41) is 32.8. The van der Waals surface area contributed by atoms with Gasteiger partial charge >= 0.3 is 0 Å². The van der Waals surface area contributed by atoms with Gasteiger partial charge in [-0.15, -0.1) is 11.3 Å². The highest BCUT2D eigenvalue weighted by Crippen LogP contribution is 2.45. The Labute approximate surface area is 152 Å². The number of nitrogens with zero attached hydrogens (tertiary/aromatic N) is 1. The molecule has 1 saturated carbocycles. The number of aliphatic hydroxyl groups excluding tert-OH is 1. The average Bonchev–Trinajstić information content (AvgIpc) is 3.24. The number of hydrogen-bond donors (Lipinski definition) is 3. The van der Waals surface area contributed by atoms with Gasteiger partial charge in [-0.1, -0.05) is 18.2 Å². The van der Waals surface area contributed by atoms with E-state index >= 15 is 0 Å². The van der Waals surface area contributed by atoms with E-state index in [1.807, 2.05) is 6.07 Å². The molecule has 1 aliphatic carbocycles. The van der Waals surface area contributed by atoms with Crippen LogP contribution in [-0.4, -0.2) is 45.5 Å². The molecule has 1 aromatic heterocycles. The molecule has 0 spiro atoms. The number of hydrogen-bond acceptors (Lipinski definition) is 5. The summed E-state index contributed by atoms with van der Waals surface area (Å²) in [4.78, 5) is 3.58. The average molecular weight is 359 g/mol. The fraction of sp³-hybridized carbons (Fsp3) is 0.500. The standard InChI is InChI=1S/C20H25NO3S/c22-17-5-3-14(4-6-17)19(23)13-21-11-15-8-20(24,9-16(15)12-21)10-18-2-1-7-25-18/h1-7,15-16,19,22-24H,8-13H2. The van der Waals surface area contributed by atoms with Crippen molar-refractivity contribution in [3.63, 3.8) is 0 Å². The zero-order valence-electron chi connectivity index (χ0n) is 14.2. The van der Waals surface area contributed by atoms with E-state index in [0.29, 0.717) is 18.4 Å². The molecule has 25 heavy (non-hydrogen) atoms. The molecule has 2 aromatic rings. The molecule has 0 radical (unpaired) electrons. The van der Waals surface area contributed by atoms with Crippen molar-refractivity contribution in [3.05, 3.63) is 52.2 Å². The van der Waals surface area contributed by atoms with E-state index in [2.05, 4.69) is 16.3 Å². The first-order valence-electron chi connectivity index (χ1n) is 8.95. The van der Waals surface area contributed by atoms with E-state index in [-0.39, 0.29) is 5.75 Å². The van der Waals surface area contributed by atoms with Crippen LogP contribution in [0.1, 0.15) is 29.4 Å². The predicted octanol–water partition coefficient (Wildman–Crippen LogP) is 2.80. The summed E-state index contributed by atoms with van der Waals surface area (Å²) in [6.07, 6.45) is 1.96. The molecule has 1 aliphatic heterocycles. The summed E-state index contributed by atoms with van der Waals surface area (Å²) in [5.41, 5.74) is 0.283. The van der Waals surface area contributed by atoms with Crippen LogP contribution in [0.4, 0.5) is 0 Å². The number of benzene rings is 1. The number of thiophene rings is 1. The van der Waals surface area contributed by atoms with Gasteiger partial charge in [0, 0.05) is 30.9 Å². The van der Waals surface area contributed by atoms with Crippen LogP contribution in [0.15, 0.2) is 41.8 Å². The monoisotopic (exact) mass is 359 g/mol. The van der Waals surface area contributed by atoms with Crippen molar-refractivity contribution in [2.75, 3.05) is 19.6 Å². The number of phenolic OH excluding ortho intramolecular Hbond substituents is 1. The van der Waals surface area contributed by atoms with E-state index in [4.69, 9.17) is 0 Å². The highest BCUT2D eigenvalue weighted by Gasteiger charge is 2.48. The van der Waals surface area contributed by atoms with Crippen molar-refractivity contribution < 1.29 is 15.3 Å². The topological polar surface area (TPSA) is 63.9 Å². The number of fused-ring (bicyclic) bond motifs is 1. The Hall–Kier alpha value is -1.40. The Kier molecular flexibility index (Phi) is 4.58. The molecule has 3 atom stereocenters. The first kappa shape index (κ1) is 17.0. The van der Waals surface area contributed by atoms with Gasteiger partial charge in [0.1, 0.15) is 5.75 Å². The van der Waals surface area contributed by atoms with Gasteiger partial charge in [0.25, 0.3) is 0 Å². The lowest BCUT2D eigenvalue weighted by atomic mass is 9.95. The van der Waals surface area contributed by atoms with Gasteiger partial charge < -0.3 is 15.3 Å². The number of rotatable bonds is 5. The molecule has 4 nitrogen and oxygen atoms in total. The summed E-state index contributed by atoms with van der Waals surface area (Å²) in [5.74, 6) is 1.27. The van der Waals surface area contributed by atoms with E-state index in [1.54, 1.807) is 35.6 Å². The normalized spacial score (nSPS) is 30.5. The SMILES string of the molecule is Oc1ccc(C(O)CN2CC3CC(O)(Cc4cccs4)CC3C2)cc1. The summed E-state index contributed by atoms with van der Waals surface area (Å²) in [6.45, 7) is 2.51. The van der Waals surface area contributed by atoms with E-state index < -0.39 is 11.7 Å². The first-order chi connectivity index (χ1) is 12.0. The van der Waals surface area contributed by atoms with Crippen molar-refractivity contribution >= 4 is 11.3 Å². The Morgan fingerprint density at radius 3 is 2.40 bits per heavy atom. The smallest absolute Gasteiger partial charge is 0.115 e. The minimum absolute atomic E-state index is 0.219. The molecule has 4 rings (SSSR count). The molecule has 5 heteroatoms. The van der Waals surface area contributed by atoms with Crippen LogP contribution in [0.2, 0.25) is 0 Å². The van der Waals surface area contributed by atoms with Crippen LogP contribution < -0.4 is 0 Å². The lowest BCUT2D eigenvalue weighted by Gasteiger charge is -2.26. The maximum atomic E-state index is 11.0. The quantitative estimate of drug-likeness (QED) is 0.768. The molecule has 134 valence electrons. The third-order valence-electron chi connectivity index (χ3n) is 5.73. The molecular weight excluding hydrogens is 334 g/mol. The maximum absolute atomic E-state index is 11.0. The molecule has 1 saturated heterocycles. The van der Waals surface area contributed by atoms with Crippen molar-refractivity contribution in [2.45, 2.75) is 31.0 Å². The summed E-state index contributed by atoms with van der Waals surface area (Å²) < 4.78 is 0. The number of aliphatic hydroxyl groups is 2. The zero-order chi connectivity index (χ0) is 17.4. The zero-order valence-corrected chi connectivity index (χ0v) is 15.0. The van der Waals surface area contributed by atoms with Crippen LogP contribution >= 0.6 is 11.3 Å². The van der Waals surface area contributed by atoms with Gasteiger partial charge in [0.2, 0.25) is 0 Å². The van der Waals surface area contributed by atoms with Gasteiger partial charge in [-0.2, -0.15) is 0 Å². The highest BCUT2D eigenvalue weighted by molar-refractivity contribution is 7.09. The molecule has 2 aliphatic rings. The van der Waals surface area contributed by atoms with Gasteiger partial charge in [0.15, 0.2) is 0 Å². The van der Waals surface area contributed by atoms with Gasteiger partial charge in [0.05, 0.1) is 11.7 Å². The van der Waals surface area contributed by atoms with Crippen LogP contribution in [0, 0.1) is 11.8 Å². The van der Waals surface area contributed by atoms with Crippen LogP contribution in [0.3, 0.4) is 0 Å². The Bertz CT molecular complexity index is 686. The molecular formula is C20H25NO3S. The molecule has 2 fully saturated rings. The van der Waals surface area contributed by atoms with Crippen molar-refractivity contribution in [1.82, 2.24) is 4.90 Å². The first-order valence-corrected chi connectivity index (χ1v) is 9.83. The lowest BCUT2D eigenvalue weighted by Crippen LogP contribution is -2.33. The van der Waals surface area contributed by atoms with Crippen LogP contribution in [-0.2, 0) is 6.42 Å². The molecule has 3 N–H and O–H groups in total. The highest BCUT2D eigenvalue weighted by atomic mass is 32.1. The largest absolute Gasteiger partial charge is 0.508 e. The molecule has 3 unspecified atom stereocenters. The maximum Gasteiger partial charge on any atom is 0.115 e. The van der Waals surface area contributed by atoms with Gasteiger partial charge in [-0.05, 0) is 53.8 Å². The lowest BCUT2D eigenvalue weighted by molar-refractivity contribution is 0.0335. The van der Waals surface area contributed by atoms with E-state index in [1.165, 1.54) is 4.88 Å². The third-order valence-corrected chi connectivity index (χ3v) is 6.61. The Morgan fingerprint density at radius 2 is 1.80 bits per heavy atom. The third kappa shape index (κ3) is 3.75. The second-order valence-corrected chi connectivity index (χ2v) is 8.77. The second-order valence-electron chi connectivity index (χ2n) is 7.73. The number of β-amino-alcohol motifs (C(OH)–C–C–N with tert-alkyl or cyclic N) is 1. The van der Waals surface area contributed by atoms with Gasteiger partial charge in [-0.3, -0.25) is 4.90 Å². The van der Waals surface area contributed by atoms with Crippen molar-refractivity contribution in [1.29, 1.82) is 0 Å². The van der Waals surface area contributed by atoms with Crippen molar-refractivity contribution in [3.8, 4) is 5.75 Å². The minimum atomic E-state index is -0.554. The summed E-state index contributed by atoms with van der Waals surface area (Å²) in [6, 6.07) is 10.9. The molecule has 0 bridgehead atoms. The van der Waals surface area contributed by atoms with Gasteiger partial charge in [-0.25, -0.2) is 0 Å². The second kappa shape index (κ2) is 6.72. The Balaban J connectivity index is 1.32. The molecule has 1 aromatic carbocycles. The number of aromatic hydroxyl groups is 1. The van der Waals surface area contributed by atoms with Crippen LogP contribution in [0.5, 0.6) is 5.75 Å².